The normalized spacial score (nSPS) is 21.4. The van der Waals surface area contributed by atoms with Gasteiger partial charge in [0, 0.05) is 29.0 Å². The summed E-state index contributed by atoms with van der Waals surface area (Å²) in [6, 6.07) is 1.96. The van der Waals surface area contributed by atoms with Crippen molar-refractivity contribution < 1.29 is 39.7 Å². The van der Waals surface area contributed by atoms with Gasteiger partial charge in [-0.1, -0.05) is 0 Å². The van der Waals surface area contributed by atoms with Crippen LogP contribution in [0.3, 0.4) is 0 Å². The van der Waals surface area contributed by atoms with Gasteiger partial charge < -0.3 is 5.32 Å². The number of rotatable bonds is 7. The molecule has 12 heteroatoms. The standard InChI is InChI=1S/C17H18F7NO2S2/c1-9-4-11(18)12(5-15(9)29(27)8-17(22,23)24)25-6-14-10(13(26)7-28-14)2-3-16(19,20)21/h4-5,10,14,25H,2-3,6-8H2,1H3. The Morgan fingerprint density at radius 3 is 2.41 bits per heavy atom. The van der Waals surface area contributed by atoms with Crippen LogP contribution in [0.5, 0.6) is 0 Å². The second kappa shape index (κ2) is 9.23. The molecule has 3 atom stereocenters. The van der Waals surface area contributed by atoms with E-state index in [1.54, 1.807) is 0 Å². The van der Waals surface area contributed by atoms with Crippen molar-refractivity contribution >= 4 is 34.0 Å². The number of aryl methyl sites for hydroxylation is 1. The predicted molar refractivity (Wildman–Crippen MR) is 97.0 cm³/mol. The van der Waals surface area contributed by atoms with Gasteiger partial charge >= 0.3 is 12.4 Å². The SMILES string of the molecule is Cc1cc(F)c(NCC2SCC(=O)C2CCC(F)(F)F)cc1S(=O)CC(F)(F)F. The Labute approximate surface area is 169 Å². The number of hydrogen-bond acceptors (Lipinski definition) is 4. The summed E-state index contributed by atoms with van der Waals surface area (Å²) in [5, 5.41) is 2.11. The summed E-state index contributed by atoms with van der Waals surface area (Å²) in [5.74, 6) is -3.49. The first-order valence-corrected chi connectivity index (χ1v) is 10.8. The zero-order valence-corrected chi connectivity index (χ0v) is 16.8. The number of thioether (sulfide) groups is 1. The zero-order valence-electron chi connectivity index (χ0n) is 15.1. The van der Waals surface area contributed by atoms with Gasteiger partial charge in [-0.2, -0.15) is 26.3 Å². The highest BCUT2D eigenvalue weighted by molar-refractivity contribution is 8.01. The van der Waals surface area contributed by atoms with Crippen molar-refractivity contribution in [3.05, 3.63) is 23.5 Å². The van der Waals surface area contributed by atoms with Crippen LogP contribution in [-0.4, -0.2) is 45.6 Å². The maximum Gasteiger partial charge on any atom is 0.400 e. The van der Waals surface area contributed by atoms with Crippen molar-refractivity contribution in [3.63, 3.8) is 0 Å². The van der Waals surface area contributed by atoms with Crippen LogP contribution in [0.1, 0.15) is 18.4 Å². The largest absolute Gasteiger partial charge is 0.400 e. The fourth-order valence-electron chi connectivity index (χ4n) is 2.96. The summed E-state index contributed by atoms with van der Waals surface area (Å²) in [6.45, 7) is 1.28. The number of hydrogen-bond donors (Lipinski definition) is 1. The highest BCUT2D eigenvalue weighted by atomic mass is 32.2. The lowest BCUT2D eigenvalue weighted by Crippen LogP contribution is -2.27. The summed E-state index contributed by atoms with van der Waals surface area (Å²) in [4.78, 5) is 11.7. The number of anilines is 1. The number of halogens is 7. The van der Waals surface area contributed by atoms with Gasteiger partial charge in [0.1, 0.15) is 17.4 Å². The van der Waals surface area contributed by atoms with E-state index in [1.165, 1.54) is 6.92 Å². The minimum absolute atomic E-state index is 0.0477. The van der Waals surface area contributed by atoms with Crippen LogP contribution in [-0.2, 0) is 15.6 Å². The third kappa shape index (κ3) is 7.16. The molecule has 164 valence electrons. The van der Waals surface area contributed by atoms with E-state index in [-0.39, 0.29) is 40.6 Å². The van der Waals surface area contributed by atoms with E-state index in [9.17, 15) is 39.7 Å². The van der Waals surface area contributed by atoms with Crippen LogP contribution in [0.2, 0.25) is 0 Å². The van der Waals surface area contributed by atoms with Gasteiger partial charge in [0.05, 0.1) is 22.2 Å². The molecule has 1 N–H and O–H groups in total. The van der Waals surface area contributed by atoms with Gasteiger partial charge in [0.25, 0.3) is 0 Å². The van der Waals surface area contributed by atoms with Crippen LogP contribution in [0, 0.1) is 18.7 Å². The maximum atomic E-state index is 14.2. The number of nitrogens with one attached hydrogen (secondary N) is 1. The Kier molecular flexibility index (Phi) is 7.63. The molecule has 0 aliphatic carbocycles. The van der Waals surface area contributed by atoms with Crippen molar-refractivity contribution in [1.82, 2.24) is 0 Å². The first kappa shape index (κ1) is 24.0. The Morgan fingerprint density at radius 1 is 1.17 bits per heavy atom. The molecule has 1 saturated heterocycles. The quantitative estimate of drug-likeness (QED) is 0.585. The molecule has 1 aliphatic rings. The average molecular weight is 465 g/mol. The lowest BCUT2D eigenvalue weighted by atomic mass is 9.95. The summed E-state index contributed by atoms with van der Waals surface area (Å²) in [7, 11) is -2.43. The van der Waals surface area contributed by atoms with Crippen LogP contribution < -0.4 is 5.32 Å². The van der Waals surface area contributed by atoms with Crippen LogP contribution in [0.4, 0.5) is 36.4 Å². The Bertz CT molecular complexity index is 780. The van der Waals surface area contributed by atoms with Gasteiger partial charge in [-0.15, -0.1) is 11.8 Å². The lowest BCUT2D eigenvalue weighted by molar-refractivity contribution is -0.139. The van der Waals surface area contributed by atoms with Gasteiger partial charge in [-0.05, 0) is 31.0 Å². The molecule has 0 spiro atoms. The first-order chi connectivity index (χ1) is 13.3. The third-order valence-corrected chi connectivity index (χ3v) is 7.23. The Hall–Kier alpha value is -1.30. The van der Waals surface area contributed by atoms with Crippen molar-refractivity contribution in [2.24, 2.45) is 5.92 Å². The highest BCUT2D eigenvalue weighted by Gasteiger charge is 2.38. The van der Waals surface area contributed by atoms with E-state index in [4.69, 9.17) is 0 Å². The van der Waals surface area contributed by atoms with Crippen molar-refractivity contribution in [3.8, 4) is 0 Å². The first-order valence-electron chi connectivity index (χ1n) is 8.47. The summed E-state index contributed by atoms with van der Waals surface area (Å²) in [6.07, 6.45) is -10.5. The topological polar surface area (TPSA) is 46.2 Å². The molecule has 1 aliphatic heterocycles. The van der Waals surface area contributed by atoms with Crippen molar-refractivity contribution in [2.75, 3.05) is 23.4 Å². The van der Waals surface area contributed by atoms with E-state index in [1.807, 2.05) is 0 Å². The molecule has 0 amide bonds. The summed E-state index contributed by atoms with van der Waals surface area (Å²) >= 11 is 1.15. The highest BCUT2D eigenvalue weighted by Crippen LogP contribution is 2.36. The molecule has 0 saturated carbocycles. The molecule has 3 unspecified atom stereocenters. The molecule has 1 aromatic carbocycles. The average Bonchev–Trinajstić information content (AvgIpc) is 2.89. The number of ketones is 1. The second-order valence-electron chi connectivity index (χ2n) is 6.66. The molecule has 1 fully saturated rings. The fraction of sp³-hybridized carbons (Fsp3) is 0.588. The molecule has 1 heterocycles. The summed E-state index contributed by atoms with van der Waals surface area (Å²) < 4.78 is 101. The molecule has 0 bridgehead atoms. The number of Topliss-reactive ketones (excluding diaryl/α,β-unsaturated/α-hetero) is 1. The second-order valence-corrected chi connectivity index (χ2v) is 9.31. The van der Waals surface area contributed by atoms with Crippen molar-refractivity contribution in [2.45, 2.75) is 42.3 Å². The van der Waals surface area contributed by atoms with E-state index in [0.717, 1.165) is 23.9 Å². The van der Waals surface area contributed by atoms with Gasteiger partial charge in [0.15, 0.2) is 0 Å². The van der Waals surface area contributed by atoms with Crippen LogP contribution in [0.15, 0.2) is 17.0 Å². The number of carbonyl (C=O) groups excluding carboxylic acids is 1. The third-order valence-electron chi connectivity index (χ3n) is 4.34. The summed E-state index contributed by atoms with van der Waals surface area (Å²) in [5.41, 5.74) is -0.125. The van der Waals surface area contributed by atoms with Crippen LogP contribution >= 0.6 is 11.8 Å². The number of benzene rings is 1. The molecule has 2 rings (SSSR count). The van der Waals surface area contributed by atoms with Gasteiger partial charge in [0.2, 0.25) is 0 Å². The molecule has 29 heavy (non-hydrogen) atoms. The predicted octanol–water partition coefficient (Wildman–Crippen LogP) is 4.86. The van der Waals surface area contributed by atoms with E-state index >= 15 is 0 Å². The fourth-order valence-corrected chi connectivity index (χ4v) is 5.39. The number of alkyl halides is 6. The minimum atomic E-state index is -4.66. The molecule has 0 aromatic heterocycles. The lowest BCUT2D eigenvalue weighted by Gasteiger charge is -2.20. The van der Waals surface area contributed by atoms with Gasteiger partial charge in [-0.25, -0.2) is 4.39 Å². The van der Waals surface area contributed by atoms with E-state index in [0.29, 0.717) is 0 Å². The van der Waals surface area contributed by atoms with E-state index in [2.05, 4.69) is 5.32 Å². The smallest absolute Gasteiger partial charge is 0.382 e. The maximum absolute atomic E-state index is 14.2. The van der Waals surface area contributed by atoms with Gasteiger partial charge in [-0.3, -0.25) is 9.00 Å². The van der Waals surface area contributed by atoms with Crippen LogP contribution in [0.25, 0.3) is 0 Å². The van der Waals surface area contributed by atoms with Crippen molar-refractivity contribution in [1.29, 1.82) is 0 Å². The molecule has 1 aromatic rings. The number of carbonyl (C=O) groups is 1. The molecular weight excluding hydrogens is 447 g/mol. The van der Waals surface area contributed by atoms with E-state index < -0.39 is 52.3 Å². The molecule has 0 radical (unpaired) electrons. The zero-order chi connectivity index (χ0) is 22.0. The molecular formula is C17H18F7NO2S2. The minimum Gasteiger partial charge on any atom is -0.382 e. The monoisotopic (exact) mass is 465 g/mol. The molecule has 3 nitrogen and oxygen atoms in total. The Balaban J connectivity index is 2.10. The Morgan fingerprint density at radius 2 is 1.83 bits per heavy atom.